The van der Waals surface area contributed by atoms with Gasteiger partial charge in [0.25, 0.3) is 0 Å². The van der Waals surface area contributed by atoms with E-state index >= 15 is 0 Å². The number of rotatable bonds is 6. The molecule has 0 saturated heterocycles. The van der Waals surface area contributed by atoms with Gasteiger partial charge in [0.2, 0.25) is 5.91 Å². The molecule has 1 rings (SSSR count). The van der Waals surface area contributed by atoms with E-state index in [-0.39, 0.29) is 12.0 Å². The zero-order valence-corrected chi connectivity index (χ0v) is 12.1. The number of hydrogen-bond donors (Lipinski definition) is 2. The topological polar surface area (TPSA) is 75.6 Å². The van der Waals surface area contributed by atoms with Crippen molar-refractivity contribution in [3.8, 4) is 0 Å². The van der Waals surface area contributed by atoms with Gasteiger partial charge in [0.15, 0.2) is 0 Å². The average Bonchev–Trinajstić information content (AvgIpc) is 2.36. The molecule has 5 heteroatoms. The molecule has 1 aliphatic carbocycles. The van der Waals surface area contributed by atoms with Gasteiger partial charge in [-0.25, -0.2) is 4.79 Å². The fourth-order valence-corrected chi connectivity index (χ4v) is 2.22. The fraction of sp³-hybridized carbons (Fsp3) is 0.857. The highest BCUT2D eigenvalue weighted by molar-refractivity contribution is 5.88. The lowest BCUT2D eigenvalue weighted by atomic mass is 9.97. The van der Waals surface area contributed by atoms with Crippen molar-refractivity contribution in [3.05, 3.63) is 0 Å². The molecule has 0 heterocycles. The number of carboxylic acids is 1. The van der Waals surface area contributed by atoms with E-state index < -0.39 is 17.6 Å². The first-order chi connectivity index (χ1) is 8.86. The van der Waals surface area contributed by atoms with E-state index in [4.69, 9.17) is 9.84 Å². The molecule has 1 unspecified atom stereocenters. The first-order valence-electron chi connectivity index (χ1n) is 7.07. The number of amides is 1. The van der Waals surface area contributed by atoms with Gasteiger partial charge < -0.3 is 15.2 Å². The maximum atomic E-state index is 12.1. The highest BCUT2D eigenvalue weighted by atomic mass is 16.5. The van der Waals surface area contributed by atoms with Crippen LogP contribution in [-0.4, -0.2) is 34.7 Å². The summed E-state index contributed by atoms with van der Waals surface area (Å²) in [7, 11) is 0. The van der Waals surface area contributed by atoms with E-state index in [1.54, 1.807) is 0 Å². The first-order valence-corrected chi connectivity index (χ1v) is 7.07. The zero-order chi connectivity index (χ0) is 14.5. The molecule has 0 spiro atoms. The molecule has 19 heavy (non-hydrogen) atoms. The number of hydrogen-bond acceptors (Lipinski definition) is 3. The molecular formula is C14H25NO4. The van der Waals surface area contributed by atoms with Crippen LogP contribution in [0.5, 0.6) is 0 Å². The normalized spacial score (nSPS) is 18.9. The summed E-state index contributed by atoms with van der Waals surface area (Å²) >= 11 is 0. The van der Waals surface area contributed by atoms with E-state index in [0.717, 1.165) is 25.7 Å². The van der Waals surface area contributed by atoms with Gasteiger partial charge in [0.05, 0.1) is 6.10 Å². The Labute approximate surface area is 114 Å². The minimum absolute atomic E-state index is 0.136. The molecule has 0 aliphatic heterocycles. The monoisotopic (exact) mass is 271 g/mol. The smallest absolute Gasteiger partial charge is 0.328 e. The maximum Gasteiger partial charge on any atom is 0.328 e. The van der Waals surface area contributed by atoms with Crippen LogP contribution >= 0.6 is 0 Å². The second-order valence-corrected chi connectivity index (χ2v) is 5.71. The summed E-state index contributed by atoms with van der Waals surface area (Å²) < 4.78 is 5.82. The van der Waals surface area contributed by atoms with Crippen LogP contribution in [0.4, 0.5) is 0 Å². The third-order valence-corrected chi connectivity index (χ3v) is 3.54. The van der Waals surface area contributed by atoms with Crippen LogP contribution in [0.3, 0.4) is 0 Å². The van der Waals surface area contributed by atoms with Crippen LogP contribution in [0.15, 0.2) is 0 Å². The van der Waals surface area contributed by atoms with Crippen molar-refractivity contribution < 1.29 is 19.4 Å². The SMILES string of the molecule is CCC(OC1CCCCC1)C(=O)NC(C)(C)C(=O)O. The van der Waals surface area contributed by atoms with Crippen molar-refractivity contribution in [1.29, 1.82) is 0 Å². The van der Waals surface area contributed by atoms with E-state index in [1.807, 2.05) is 6.92 Å². The van der Waals surface area contributed by atoms with Gasteiger partial charge in [-0.3, -0.25) is 4.79 Å². The maximum absolute atomic E-state index is 12.1. The number of ether oxygens (including phenoxy) is 1. The number of aliphatic carboxylic acids is 1. The quantitative estimate of drug-likeness (QED) is 0.775. The van der Waals surface area contributed by atoms with E-state index in [1.165, 1.54) is 20.3 Å². The largest absolute Gasteiger partial charge is 0.480 e. The molecule has 0 radical (unpaired) electrons. The summed E-state index contributed by atoms with van der Waals surface area (Å²) in [5, 5.41) is 11.5. The molecule has 0 aromatic rings. The fourth-order valence-electron chi connectivity index (χ4n) is 2.22. The van der Waals surface area contributed by atoms with Gasteiger partial charge in [-0.2, -0.15) is 0 Å². The van der Waals surface area contributed by atoms with Crippen LogP contribution in [0, 0.1) is 0 Å². The molecule has 1 fully saturated rings. The first kappa shape index (κ1) is 16.0. The summed E-state index contributed by atoms with van der Waals surface area (Å²) in [6, 6.07) is 0. The Morgan fingerprint density at radius 3 is 2.37 bits per heavy atom. The Balaban J connectivity index is 2.53. The highest BCUT2D eigenvalue weighted by Crippen LogP contribution is 2.22. The standard InChI is InChI=1S/C14H25NO4/c1-4-11(19-10-8-6-5-7-9-10)12(16)15-14(2,3)13(17)18/h10-11H,4-9H2,1-3H3,(H,15,16)(H,17,18). The Morgan fingerprint density at radius 1 is 1.32 bits per heavy atom. The van der Waals surface area contributed by atoms with Gasteiger partial charge in [-0.1, -0.05) is 26.2 Å². The Kier molecular flexibility index (Phi) is 5.79. The number of nitrogens with one attached hydrogen (secondary N) is 1. The minimum Gasteiger partial charge on any atom is -0.480 e. The van der Waals surface area contributed by atoms with E-state index in [0.29, 0.717) is 6.42 Å². The summed E-state index contributed by atoms with van der Waals surface area (Å²) in [6.07, 6.45) is 5.64. The van der Waals surface area contributed by atoms with Crippen molar-refractivity contribution in [2.45, 2.75) is 77.0 Å². The average molecular weight is 271 g/mol. The summed E-state index contributed by atoms with van der Waals surface area (Å²) in [5.74, 6) is -1.38. The molecule has 5 nitrogen and oxygen atoms in total. The Hall–Kier alpha value is -1.10. The van der Waals surface area contributed by atoms with Crippen molar-refractivity contribution in [2.75, 3.05) is 0 Å². The summed E-state index contributed by atoms with van der Waals surface area (Å²) in [6.45, 7) is 4.82. The molecule has 1 amide bonds. The molecule has 1 saturated carbocycles. The lowest BCUT2D eigenvalue weighted by molar-refractivity contribution is -0.150. The molecular weight excluding hydrogens is 246 g/mol. The van der Waals surface area contributed by atoms with Crippen molar-refractivity contribution in [3.63, 3.8) is 0 Å². The number of carbonyl (C=O) groups excluding carboxylic acids is 1. The second-order valence-electron chi connectivity index (χ2n) is 5.71. The molecule has 0 aromatic heterocycles. The van der Waals surface area contributed by atoms with Gasteiger partial charge in [0.1, 0.15) is 11.6 Å². The molecule has 1 atom stereocenters. The Morgan fingerprint density at radius 2 is 1.89 bits per heavy atom. The summed E-state index contributed by atoms with van der Waals surface area (Å²) in [4.78, 5) is 23.1. The van der Waals surface area contributed by atoms with Crippen LogP contribution in [0.25, 0.3) is 0 Å². The highest BCUT2D eigenvalue weighted by Gasteiger charge is 2.32. The molecule has 1 aliphatic rings. The third-order valence-electron chi connectivity index (χ3n) is 3.54. The molecule has 110 valence electrons. The van der Waals surface area contributed by atoms with Crippen LogP contribution in [0.2, 0.25) is 0 Å². The van der Waals surface area contributed by atoms with Crippen molar-refractivity contribution in [1.82, 2.24) is 5.32 Å². The molecule has 0 bridgehead atoms. The van der Waals surface area contributed by atoms with Crippen LogP contribution in [-0.2, 0) is 14.3 Å². The summed E-state index contributed by atoms with van der Waals surface area (Å²) in [5.41, 5.74) is -1.26. The lowest BCUT2D eigenvalue weighted by Crippen LogP contribution is -2.53. The number of carbonyl (C=O) groups is 2. The predicted molar refractivity (Wildman–Crippen MR) is 71.9 cm³/mol. The van der Waals surface area contributed by atoms with Crippen LogP contribution in [0.1, 0.15) is 59.3 Å². The van der Waals surface area contributed by atoms with E-state index in [2.05, 4.69) is 5.32 Å². The Bertz CT molecular complexity index is 321. The van der Waals surface area contributed by atoms with Gasteiger partial charge in [0, 0.05) is 0 Å². The minimum atomic E-state index is -1.26. The van der Waals surface area contributed by atoms with Gasteiger partial charge in [-0.05, 0) is 33.1 Å². The van der Waals surface area contributed by atoms with Gasteiger partial charge in [-0.15, -0.1) is 0 Å². The van der Waals surface area contributed by atoms with Crippen LogP contribution < -0.4 is 5.32 Å². The third kappa shape index (κ3) is 4.82. The molecule has 0 aromatic carbocycles. The van der Waals surface area contributed by atoms with E-state index in [9.17, 15) is 9.59 Å². The van der Waals surface area contributed by atoms with Crippen molar-refractivity contribution in [2.24, 2.45) is 0 Å². The predicted octanol–water partition coefficient (Wildman–Crippen LogP) is 2.09. The zero-order valence-electron chi connectivity index (χ0n) is 12.1. The van der Waals surface area contributed by atoms with Gasteiger partial charge >= 0.3 is 5.97 Å². The second kappa shape index (κ2) is 6.89. The molecule has 2 N–H and O–H groups in total. The van der Waals surface area contributed by atoms with Crippen molar-refractivity contribution >= 4 is 11.9 Å². The number of carboxylic acid groups (broad SMARTS) is 1. The lowest BCUT2D eigenvalue weighted by Gasteiger charge is -2.29.